The predicted molar refractivity (Wildman–Crippen MR) is 70.6 cm³/mol. The first-order valence-corrected chi connectivity index (χ1v) is 5.93. The van der Waals surface area contributed by atoms with Crippen LogP contribution in [-0.4, -0.2) is 12.5 Å². The third-order valence-corrected chi connectivity index (χ3v) is 3.17. The van der Waals surface area contributed by atoms with Crippen LogP contribution in [0.1, 0.15) is 37.9 Å². The number of benzene rings is 1. The van der Waals surface area contributed by atoms with Gasteiger partial charge in [-0.05, 0) is 38.8 Å². The van der Waals surface area contributed by atoms with E-state index in [-0.39, 0.29) is 11.9 Å². The molecule has 3 nitrogen and oxygen atoms in total. The minimum Gasteiger partial charge on any atom is -0.369 e. The number of hydrogen-bond acceptors (Lipinski definition) is 2. The van der Waals surface area contributed by atoms with E-state index in [1.54, 1.807) is 0 Å². The summed E-state index contributed by atoms with van der Waals surface area (Å²) in [6.07, 6.45) is 0. The second kappa shape index (κ2) is 5.32. The van der Waals surface area contributed by atoms with Gasteiger partial charge in [-0.15, -0.1) is 0 Å². The van der Waals surface area contributed by atoms with Gasteiger partial charge in [0, 0.05) is 12.6 Å². The van der Waals surface area contributed by atoms with Crippen LogP contribution < -0.4 is 11.1 Å². The summed E-state index contributed by atoms with van der Waals surface area (Å²) in [6.45, 7) is 8.48. The van der Waals surface area contributed by atoms with Gasteiger partial charge in [0.05, 0.1) is 5.41 Å². The number of primary amides is 1. The first-order valence-electron chi connectivity index (χ1n) is 5.93. The molecule has 0 aliphatic rings. The van der Waals surface area contributed by atoms with Crippen molar-refractivity contribution in [1.82, 2.24) is 5.32 Å². The fourth-order valence-corrected chi connectivity index (χ4v) is 1.68. The van der Waals surface area contributed by atoms with Gasteiger partial charge in [-0.3, -0.25) is 4.79 Å². The minimum absolute atomic E-state index is 0.217. The molecule has 0 aliphatic carbocycles. The molecule has 3 N–H and O–H groups in total. The van der Waals surface area contributed by atoms with E-state index in [1.165, 1.54) is 11.1 Å². The molecule has 3 heteroatoms. The molecule has 0 spiro atoms. The maximum absolute atomic E-state index is 11.2. The number of hydrogen-bond donors (Lipinski definition) is 2. The molecule has 0 heterocycles. The second-order valence-electron chi connectivity index (χ2n) is 5.21. The lowest BCUT2D eigenvalue weighted by Crippen LogP contribution is -2.41. The van der Waals surface area contributed by atoms with Crippen molar-refractivity contribution in [2.24, 2.45) is 11.1 Å². The van der Waals surface area contributed by atoms with Crippen LogP contribution >= 0.6 is 0 Å². The summed E-state index contributed by atoms with van der Waals surface area (Å²) in [5, 5.41) is 3.36. The topological polar surface area (TPSA) is 55.1 Å². The molecule has 0 bridgehead atoms. The van der Waals surface area contributed by atoms with E-state index in [2.05, 4.69) is 31.3 Å². The standard InChI is InChI=1S/C14H22N2O/c1-10-7-5-6-8-12(10)11(2)16-9-14(3,4)13(15)17/h5-8,11,16H,9H2,1-4H3,(H2,15,17). The van der Waals surface area contributed by atoms with Crippen molar-refractivity contribution in [3.05, 3.63) is 35.4 Å². The Balaban J connectivity index is 2.65. The van der Waals surface area contributed by atoms with Crippen molar-refractivity contribution < 1.29 is 4.79 Å². The van der Waals surface area contributed by atoms with Gasteiger partial charge in [-0.2, -0.15) is 0 Å². The van der Waals surface area contributed by atoms with Crippen LogP contribution in [0.2, 0.25) is 0 Å². The average molecular weight is 234 g/mol. The number of nitrogens with two attached hydrogens (primary N) is 1. The van der Waals surface area contributed by atoms with Crippen molar-refractivity contribution >= 4 is 5.91 Å². The van der Waals surface area contributed by atoms with E-state index < -0.39 is 5.41 Å². The zero-order valence-electron chi connectivity index (χ0n) is 11.1. The van der Waals surface area contributed by atoms with Crippen LogP contribution in [0.25, 0.3) is 0 Å². The normalized spacial score (nSPS) is 13.4. The quantitative estimate of drug-likeness (QED) is 0.820. The molecule has 17 heavy (non-hydrogen) atoms. The first kappa shape index (κ1) is 13.7. The Morgan fingerprint density at radius 2 is 2.00 bits per heavy atom. The van der Waals surface area contributed by atoms with E-state index in [4.69, 9.17) is 5.73 Å². The molecular formula is C14H22N2O. The number of carbonyl (C=O) groups is 1. The minimum atomic E-state index is -0.517. The Morgan fingerprint density at radius 1 is 1.41 bits per heavy atom. The summed E-state index contributed by atoms with van der Waals surface area (Å²) in [6, 6.07) is 8.46. The van der Waals surface area contributed by atoms with Gasteiger partial charge in [-0.1, -0.05) is 24.3 Å². The molecule has 1 aromatic rings. The van der Waals surface area contributed by atoms with E-state index in [0.717, 1.165) is 0 Å². The molecule has 0 saturated heterocycles. The summed E-state index contributed by atoms with van der Waals surface area (Å²) in [7, 11) is 0. The van der Waals surface area contributed by atoms with E-state index in [1.807, 2.05) is 26.0 Å². The molecule has 1 atom stereocenters. The Hall–Kier alpha value is -1.35. The molecular weight excluding hydrogens is 212 g/mol. The Labute approximate surface area is 103 Å². The highest BCUT2D eigenvalue weighted by Crippen LogP contribution is 2.19. The molecule has 1 amide bonds. The Bertz CT molecular complexity index is 399. The highest BCUT2D eigenvalue weighted by atomic mass is 16.1. The summed E-state index contributed by atoms with van der Waals surface area (Å²) in [5.74, 6) is -0.276. The van der Waals surface area contributed by atoms with Gasteiger partial charge in [-0.25, -0.2) is 0 Å². The zero-order chi connectivity index (χ0) is 13.1. The van der Waals surface area contributed by atoms with E-state index in [0.29, 0.717) is 6.54 Å². The molecule has 1 rings (SSSR count). The van der Waals surface area contributed by atoms with Gasteiger partial charge >= 0.3 is 0 Å². The molecule has 94 valence electrons. The van der Waals surface area contributed by atoms with Crippen molar-refractivity contribution in [3.8, 4) is 0 Å². The number of carbonyl (C=O) groups excluding carboxylic acids is 1. The molecule has 0 saturated carbocycles. The molecule has 0 aliphatic heterocycles. The lowest BCUT2D eigenvalue weighted by Gasteiger charge is -2.24. The maximum Gasteiger partial charge on any atom is 0.224 e. The van der Waals surface area contributed by atoms with Crippen LogP contribution in [-0.2, 0) is 4.79 Å². The number of aryl methyl sites for hydroxylation is 1. The summed E-state index contributed by atoms with van der Waals surface area (Å²) in [5.41, 5.74) is 7.34. The maximum atomic E-state index is 11.2. The fraction of sp³-hybridized carbons (Fsp3) is 0.500. The van der Waals surface area contributed by atoms with Gasteiger partial charge in [0.25, 0.3) is 0 Å². The smallest absolute Gasteiger partial charge is 0.224 e. The lowest BCUT2D eigenvalue weighted by atomic mass is 9.92. The van der Waals surface area contributed by atoms with Gasteiger partial charge in [0.15, 0.2) is 0 Å². The zero-order valence-corrected chi connectivity index (χ0v) is 11.1. The lowest BCUT2D eigenvalue weighted by molar-refractivity contribution is -0.125. The molecule has 1 unspecified atom stereocenters. The van der Waals surface area contributed by atoms with Crippen molar-refractivity contribution in [2.75, 3.05) is 6.54 Å². The SMILES string of the molecule is Cc1ccccc1C(C)NCC(C)(C)C(N)=O. The summed E-state index contributed by atoms with van der Waals surface area (Å²) < 4.78 is 0. The number of rotatable bonds is 5. The number of nitrogens with one attached hydrogen (secondary N) is 1. The van der Waals surface area contributed by atoms with Crippen LogP contribution in [0, 0.1) is 12.3 Å². The molecule has 1 aromatic carbocycles. The molecule has 0 aromatic heterocycles. The first-order chi connectivity index (χ1) is 7.84. The van der Waals surface area contributed by atoms with Crippen LogP contribution in [0.5, 0.6) is 0 Å². The van der Waals surface area contributed by atoms with Gasteiger partial charge in [0.1, 0.15) is 0 Å². The molecule has 0 radical (unpaired) electrons. The van der Waals surface area contributed by atoms with Crippen molar-refractivity contribution in [2.45, 2.75) is 33.7 Å². The highest BCUT2D eigenvalue weighted by molar-refractivity contribution is 5.80. The fourth-order valence-electron chi connectivity index (χ4n) is 1.68. The van der Waals surface area contributed by atoms with E-state index in [9.17, 15) is 4.79 Å². The van der Waals surface area contributed by atoms with Crippen LogP contribution in [0.3, 0.4) is 0 Å². The average Bonchev–Trinajstić information content (AvgIpc) is 2.26. The summed E-state index contributed by atoms with van der Waals surface area (Å²) >= 11 is 0. The van der Waals surface area contributed by atoms with E-state index >= 15 is 0 Å². The number of amides is 1. The largest absolute Gasteiger partial charge is 0.369 e. The highest BCUT2D eigenvalue weighted by Gasteiger charge is 2.25. The monoisotopic (exact) mass is 234 g/mol. The third-order valence-electron chi connectivity index (χ3n) is 3.17. The van der Waals surface area contributed by atoms with Gasteiger partial charge in [0.2, 0.25) is 5.91 Å². The van der Waals surface area contributed by atoms with Crippen LogP contribution in [0.15, 0.2) is 24.3 Å². The molecule has 0 fully saturated rings. The second-order valence-corrected chi connectivity index (χ2v) is 5.21. The third kappa shape index (κ3) is 3.56. The summed E-state index contributed by atoms with van der Waals surface area (Å²) in [4.78, 5) is 11.2. The Morgan fingerprint density at radius 3 is 2.53 bits per heavy atom. The van der Waals surface area contributed by atoms with Crippen LogP contribution in [0.4, 0.5) is 0 Å². The van der Waals surface area contributed by atoms with Crippen molar-refractivity contribution in [1.29, 1.82) is 0 Å². The predicted octanol–water partition coefficient (Wildman–Crippen LogP) is 2.16. The Kier molecular flexibility index (Phi) is 4.29. The van der Waals surface area contributed by atoms with Crippen molar-refractivity contribution in [3.63, 3.8) is 0 Å². The van der Waals surface area contributed by atoms with Gasteiger partial charge < -0.3 is 11.1 Å².